The van der Waals surface area contributed by atoms with Crippen molar-refractivity contribution in [1.82, 2.24) is 10.8 Å². The molecular formula is C5H12N2O2. The number of rotatable bonds is 4. The molecule has 1 amide bonds. The molecule has 0 aliphatic rings. The predicted molar refractivity (Wildman–Crippen MR) is 33.7 cm³/mol. The standard InChI is InChI=1S/C5H12N2O2/c1-5(8)7-9-4-3-6-2/h6H,3-4H2,1-2H3,(H,7,8). The maximum absolute atomic E-state index is 10.2. The highest BCUT2D eigenvalue weighted by molar-refractivity contribution is 5.71. The van der Waals surface area contributed by atoms with Gasteiger partial charge in [-0.2, -0.15) is 0 Å². The van der Waals surface area contributed by atoms with Gasteiger partial charge in [-0.3, -0.25) is 9.63 Å². The van der Waals surface area contributed by atoms with Crippen LogP contribution < -0.4 is 10.8 Å². The summed E-state index contributed by atoms with van der Waals surface area (Å²) in [7, 11) is 1.82. The number of likely N-dealkylation sites (N-methyl/N-ethyl adjacent to an activating group) is 1. The quantitative estimate of drug-likeness (QED) is 0.392. The van der Waals surface area contributed by atoms with Gasteiger partial charge in [0.15, 0.2) is 0 Å². The van der Waals surface area contributed by atoms with Crippen LogP contribution in [0.25, 0.3) is 0 Å². The van der Waals surface area contributed by atoms with Crippen LogP contribution in [0, 0.1) is 0 Å². The first kappa shape index (κ1) is 8.39. The van der Waals surface area contributed by atoms with Crippen LogP contribution >= 0.6 is 0 Å². The molecule has 0 aliphatic carbocycles. The lowest BCUT2D eigenvalue weighted by Crippen LogP contribution is -2.25. The molecule has 0 fully saturated rings. The van der Waals surface area contributed by atoms with E-state index in [1.165, 1.54) is 6.92 Å². The third-order valence-corrected chi connectivity index (χ3v) is 0.670. The Hall–Kier alpha value is -0.610. The van der Waals surface area contributed by atoms with Crippen molar-refractivity contribution in [2.24, 2.45) is 0 Å². The van der Waals surface area contributed by atoms with Crippen LogP contribution in [0.1, 0.15) is 6.92 Å². The third-order valence-electron chi connectivity index (χ3n) is 0.670. The highest BCUT2D eigenvalue weighted by atomic mass is 16.6. The van der Waals surface area contributed by atoms with E-state index in [2.05, 4.69) is 15.6 Å². The summed E-state index contributed by atoms with van der Waals surface area (Å²) >= 11 is 0. The molecule has 0 saturated carbocycles. The van der Waals surface area contributed by atoms with Crippen LogP contribution in [0.3, 0.4) is 0 Å². The number of nitrogens with one attached hydrogen (secondary N) is 2. The number of hydrogen-bond acceptors (Lipinski definition) is 3. The minimum absolute atomic E-state index is 0.175. The summed E-state index contributed by atoms with van der Waals surface area (Å²) < 4.78 is 0. The Balaban J connectivity index is 2.83. The van der Waals surface area contributed by atoms with Gasteiger partial charge in [-0.1, -0.05) is 0 Å². The van der Waals surface area contributed by atoms with Gasteiger partial charge in [-0.15, -0.1) is 0 Å². The molecule has 0 aromatic carbocycles. The fourth-order valence-corrected chi connectivity index (χ4v) is 0.306. The van der Waals surface area contributed by atoms with Gasteiger partial charge in [0, 0.05) is 13.5 Å². The van der Waals surface area contributed by atoms with E-state index in [4.69, 9.17) is 0 Å². The van der Waals surface area contributed by atoms with Crippen molar-refractivity contribution in [3.8, 4) is 0 Å². The Morgan fingerprint density at radius 1 is 1.67 bits per heavy atom. The molecule has 0 aliphatic heterocycles. The molecule has 0 aromatic rings. The molecule has 0 unspecified atom stereocenters. The van der Waals surface area contributed by atoms with Crippen molar-refractivity contribution < 1.29 is 9.63 Å². The van der Waals surface area contributed by atoms with Gasteiger partial charge in [0.05, 0.1) is 6.61 Å². The van der Waals surface area contributed by atoms with Crippen molar-refractivity contribution in [2.75, 3.05) is 20.2 Å². The van der Waals surface area contributed by atoms with E-state index in [1.807, 2.05) is 7.05 Å². The summed E-state index contributed by atoms with van der Waals surface area (Å²) in [5.74, 6) is -0.175. The van der Waals surface area contributed by atoms with E-state index in [9.17, 15) is 4.79 Å². The van der Waals surface area contributed by atoms with Crippen LogP contribution in [-0.4, -0.2) is 26.1 Å². The highest BCUT2D eigenvalue weighted by Gasteiger charge is 1.87. The van der Waals surface area contributed by atoms with Crippen LogP contribution in [0.4, 0.5) is 0 Å². The Labute approximate surface area is 54.5 Å². The zero-order chi connectivity index (χ0) is 7.11. The molecule has 0 aromatic heterocycles. The number of carbonyl (C=O) groups excluding carboxylic acids is 1. The molecule has 0 rings (SSSR count). The van der Waals surface area contributed by atoms with E-state index >= 15 is 0 Å². The minimum Gasteiger partial charge on any atom is -0.317 e. The largest absolute Gasteiger partial charge is 0.317 e. The molecule has 54 valence electrons. The Kier molecular flexibility index (Phi) is 5.15. The molecule has 0 spiro atoms. The molecule has 4 heteroatoms. The fraction of sp³-hybridized carbons (Fsp3) is 0.800. The summed E-state index contributed by atoms with van der Waals surface area (Å²) in [6, 6.07) is 0. The van der Waals surface area contributed by atoms with Gasteiger partial charge in [-0.25, -0.2) is 5.48 Å². The summed E-state index contributed by atoms with van der Waals surface area (Å²) in [6.45, 7) is 2.63. The number of hydroxylamine groups is 1. The Morgan fingerprint density at radius 3 is 2.78 bits per heavy atom. The molecule has 0 atom stereocenters. The molecule has 9 heavy (non-hydrogen) atoms. The lowest BCUT2D eigenvalue weighted by molar-refractivity contribution is -0.131. The van der Waals surface area contributed by atoms with Crippen molar-refractivity contribution in [2.45, 2.75) is 6.92 Å². The lowest BCUT2D eigenvalue weighted by atomic mass is 10.7. The monoisotopic (exact) mass is 132 g/mol. The second-order valence-electron chi connectivity index (χ2n) is 1.61. The highest BCUT2D eigenvalue weighted by Crippen LogP contribution is 1.64. The summed E-state index contributed by atoms with van der Waals surface area (Å²) in [6.07, 6.45) is 0. The molecule has 0 saturated heterocycles. The van der Waals surface area contributed by atoms with Crippen LogP contribution in [-0.2, 0) is 9.63 Å². The van der Waals surface area contributed by atoms with Gasteiger partial charge in [0.25, 0.3) is 0 Å². The smallest absolute Gasteiger partial charge is 0.240 e. The van der Waals surface area contributed by atoms with E-state index in [0.29, 0.717) is 6.61 Å². The van der Waals surface area contributed by atoms with E-state index in [1.54, 1.807) is 0 Å². The Morgan fingerprint density at radius 2 is 2.33 bits per heavy atom. The Bertz CT molecular complexity index is 85.0. The van der Waals surface area contributed by atoms with Crippen molar-refractivity contribution >= 4 is 5.91 Å². The molecule has 0 bridgehead atoms. The van der Waals surface area contributed by atoms with Crippen LogP contribution in [0.2, 0.25) is 0 Å². The maximum Gasteiger partial charge on any atom is 0.240 e. The fourth-order valence-electron chi connectivity index (χ4n) is 0.306. The third kappa shape index (κ3) is 7.39. The first-order chi connectivity index (χ1) is 4.27. The van der Waals surface area contributed by atoms with E-state index in [-0.39, 0.29) is 5.91 Å². The SMILES string of the molecule is CNCCONC(C)=O. The normalized spacial score (nSPS) is 9.11. The summed E-state index contributed by atoms with van der Waals surface area (Å²) in [5, 5.41) is 2.87. The minimum atomic E-state index is -0.175. The van der Waals surface area contributed by atoms with Crippen LogP contribution in [0.5, 0.6) is 0 Å². The van der Waals surface area contributed by atoms with E-state index < -0.39 is 0 Å². The summed E-state index contributed by atoms with van der Waals surface area (Å²) in [5.41, 5.74) is 2.20. The van der Waals surface area contributed by atoms with Gasteiger partial charge in [0.1, 0.15) is 0 Å². The number of carbonyl (C=O) groups is 1. The lowest BCUT2D eigenvalue weighted by Gasteiger charge is -2.00. The van der Waals surface area contributed by atoms with Crippen molar-refractivity contribution in [1.29, 1.82) is 0 Å². The number of hydrogen-bond donors (Lipinski definition) is 2. The molecule has 2 N–H and O–H groups in total. The van der Waals surface area contributed by atoms with Gasteiger partial charge in [0.2, 0.25) is 5.91 Å². The topological polar surface area (TPSA) is 50.4 Å². The van der Waals surface area contributed by atoms with Gasteiger partial charge in [-0.05, 0) is 7.05 Å². The van der Waals surface area contributed by atoms with Crippen molar-refractivity contribution in [3.63, 3.8) is 0 Å². The maximum atomic E-state index is 10.2. The molecule has 0 radical (unpaired) electrons. The summed E-state index contributed by atoms with van der Waals surface area (Å²) in [4.78, 5) is 14.8. The zero-order valence-corrected chi connectivity index (χ0v) is 5.73. The van der Waals surface area contributed by atoms with Gasteiger partial charge < -0.3 is 5.32 Å². The number of amides is 1. The first-order valence-corrected chi connectivity index (χ1v) is 2.80. The molecular weight excluding hydrogens is 120 g/mol. The first-order valence-electron chi connectivity index (χ1n) is 2.80. The molecule has 4 nitrogen and oxygen atoms in total. The predicted octanol–water partition coefficient (Wildman–Crippen LogP) is -0.727. The van der Waals surface area contributed by atoms with E-state index in [0.717, 1.165) is 6.54 Å². The van der Waals surface area contributed by atoms with Gasteiger partial charge >= 0.3 is 0 Å². The second-order valence-corrected chi connectivity index (χ2v) is 1.61. The van der Waals surface area contributed by atoms with Crippen LogP contribution in [0.15, 0.2) is 0 Å². The van der Waals surface area contributed by atoms with Crippen molar-refractivity contribution in [3.05, 3.63) is 0 Å². The average Bonchev–Trinajstić information content (AvgIpc) is 1.80. The second kappa shape index (κ2) is 5.53. The molecule has 0 heterocycles. The average molecular weight is 132 g/mol. The zero-order valence-electron chi connectivity index (χ0n) is 5.73.